The zero-order chi connectivity index (χ0) is 15.0. The molecule has 3 heterocycles. The normalized spacial score (nSPS) is 15.1. The van der Waals surface area contributed by atoms with Gasteiger partial charge < -0.3 is 0 Å². The van der Waals surface area contributed by atoms with E-state index in [1.807, 2.05) is 0 Å². The molecular formula is C13H10N4O4. The molecule has 0 aliphatic carbocycles. The summed E-state index contributed by atoms with van der Waals surface area (Å²) < 4.78 is 1.20. The van der Waals surface area contributed by atoms with Crippen molar-refractivity contribution in [3.8, 4) is 0 Å². The number of hydrogen-bond donors (Lipinski definition) is 1. The molecule has 1 fully saturated rings. The van der Waals surface area contributed by atoms with E-state index in [-0.39, 0.29) is 35.8 Å². The van der Waals surface area contributed by atoms with E-state index >= 15 is 0 Å². The highest BCUT2D eigenvalue weighted by atomic mass is 16.2. The molecule has 0 saturated carbocycles. The average Bonchev–Trinajstić information content (AvgIpc) is 2.48. The van der Waals surface area contributed by atoms with Gasteiger partial charge in [0.1, 0.15) is 11.3 Å². The van der Waals surface area contributed by atoms with Gasteiger partial charge in [-0.15, -0.1) is 0 Å². The molecule has 106 valence electrons. The molecule has 0 atom stereocenters. The van der Waals surface area contributed by atoms with E-state index in [1.54, 1.807) is 12.1 Å². The largest absolute Gasteiger partial charge is 0.328 e. The molecular weight excluding hydrogens is 276 g/mol. The first-order valence-electron chi connectivity index (χ1n) is 6.18. The van der Waals surface area contributed by atoms with Gasteiger partial charge in [0.2, 0.25) is 5.91 Å². The van der Waals surface area contributed by atoms with Crippen LogP contribution in [0.1, 0.15) is 16.8 Å². The van der Waals surface area contributed by atoms with Crippen molar-refractivity contribution in [1.29, 1.82) is 0 Å². The molecule has 3 amide bonds. The Hall–Kier alpha value is -3.03. The number of pyridine rings is 1. The lowest BCUT2D eigenvalue weighted by molar-refractivity contribution is -0.120. The Morgan fingerprint density at radius 1 is 1.29 bits per heavy atom. The summed E-state index contributed by atoms with van der Waals surface area (Å²) in [5, 5.41) is 2.14. The van der Waals surface area contributed by atoms with E-state index in [4.69, 9.17) is 0 Å². The van der Waals surface area contributed by atoms with Gasteiger partial charge in [0.05, 0.1) is 11.8 Å². The van der Waals surface area contributed by atoms with Crippen molar-refractivity contribution in [1.82, 2.24) is 14.7 Å². The third-order valence-corrected chi connectivity index (χ3v) is 3.22. The molecule has 1 aliphatic rings. The first kappa shape index (κ1) is 13.0. The maximum Gasteiger partial charge on any atom is 0.328 e. The van der Waals surface area contributed by atoms with Crippen LogP contribution in [0, 0.1) is 0 Å². The Bertz CT molecular complexity index is 827. The summed E-state index contributed by atoms with van der Waals surface area (Å²) in [7, 11) is 0. The van der Waals surface area contributed by atoms with Crippen LogP contribution in [-0.4, -0.2) is 34.2 Å². The molecule has 21 heavy (non-hydrogen) atoms. The molecule has 8 heteroatoms. The Kier molecular flexibility index (Phi) is 2.98. The van der Waals surface area contributed by atoms with Crippen LogP contribution < -0.4 is 15.8 Å². The van der Waals surface area contributed by atoms with Crippen molar-refractivity contribution in [3.63, 3.8) is 0 Å². The van der Waals surface area contributed by atoms with Crippen molar-refractivity contribution in [2.75, 3.05) is 11.4 Å². The maximum absolute atomic E-state index is 12.4. The summed E-state index contributed by atoms with van der Waals surface area (Å²) in [5.74, 6) is -0.381. The number of imide groups is 1. The molecule has 3 rings (SSSR count). The summed E-state index contributed by atoms with van der Waals surface area (Å²) in [4.78, 5) is 51.5. The summed E-state index contributed by atoms with van der Waals surface area (Å²) in [5.41, 5.74) is 0.0721. The predicted octanol–water partition coefficient (Wildman–Crippen LogP) is -0.0467. The summed E-state index contributed by atoms with van der Waals surface area (Å²) in [6.07, 6.45) is 3.42. The number of aldehydes is 1. The van der Waals surface area contributed by atoms with Crippen molar-refractivity contribution in [2.24, 2.45) is 0 Å². The molecule has 1 N–H and O–H groups in total. The number of carbonyl (C=O) groups is 3. The number of anilines is 1. The fraction of sp³-hybridized carbons (Fsp3) is 0.154. The molecule has 0 spiro atoms. The lowest BCUT2D eigenvalue weighted by atomic mass is 10.2. The maximum atomic E-state index is 12.4. The van der Waals surface area contributed by atoms with Crippen LogP contribution in [0.3, 0.4) is 0 Å². The highest BCUT2D eigenvalue weighted by Crippen LogP contribution is 2.13. The van der Waals surface area contributed by atoms with E-state index in [0.29, 0.717) is 6.29 Å². The van der Waals surface area contributed by atoms with Crippen molar-refractivity contribution >= 4 is 29.6 Å². The van der Waals surface area contributed by atoms with E-state index < -0.39 is 11.6 Å². The van der Waals surface area contributed by atoms with Crippen molar-refractivity contribution in [2.45, 2.75) is 6.42 Å². The fourth-order valence-electron chi connectivity index (χ4n) is 2.19. The van der Waals surface area contributed by atoms with Crippen LogP contribution in [0.4, 0.5) is 10.5 Å². The molecule has 2 aromatic heterocycles. The number of fused-ring (bicyclic) bond motifs is 1. The minimum absolute atomic E-state index is 0.0561. The Labute approximate surface area is 118 Å². The molecule has 0 unspecified atom stereocenters. The van der Waals surface area contributed by atoms with Gasteiger partial charge >= 0.3 is 6.03 Å². The lowest BCUT2D eigenvalue weighted by Gasteiger charge is -2.25. The first-order chi connectivity index (χ1) is 10.1. The number of carbonyl (C=O) groups excluding carboxylic acids is 3. The Balaban J connectivity index is 2.15. The van der Waals surface area contributed by atoms with E-state index in [9.17, 15) is 19.2 Å². The van der Waals surface area contributed by atoms with Crippen LogP contribution in [0.5, 0.6) is 0 Å². The third-order valence-electron chi connectivity index (χ3n) is 3.22. The van der Waals surface area contributed by atoms with Crippen LogP contribution in [0.2, 0.25) is 0 Å². The number of aromatic nitrogens is 2. The lowest BCUT2D eigenvalue weighted by Crippen LogP contribution is -2.51. The van der Waals surface area contributed by atoms with Gasteiger partial charge in [0.15, 0.2) is 6.29 Å². The number of amides is 3. The second kappa shape index (κ2) is 4.82. The zero-order valence-corrected chi connectivity index (χ0v) is 10.8. The molecule has 1 aliphatic heterocycles. The Morgan fingerprint density at radius 3 is 2.81 bits per heavy atom. The molecule has 0 aromatic carbocycles. The van der Waals surface area contributed by atoms with Gasteiger partial charge in [-0.25, -0.2) is 9.78 Å². The number of nitrogens with zero attached hydrogens (tertiary/aromatic N) is 3. The minimum Gasteiger partial charge on any atom is -0.298 e. The Morgan fingerprint density at radius 2 is 2.10 bits per heavy atom. The smallest absolute Gasteiger partial charge is 0.298 e. The third kappa shape index (κ3) is 2.06. The average molecular weight is 286 g/mol. The van der Waals surface area contributed by atoms with Crippen molar-refractivity contribution in [3.05, 3.63) is 40.4 Å². The molecule has 1 saturated heterocycles. The van der Waals surface area contributed by atoms with Gasteiger partial charge in [-0.3, -0.25) is 29.0 Å². The fourth-order valence-corrected chi connectivity index (χ4v) is 2.19. The summed E-state index contributed by atoms with van der Waals surface area (Å²) >= 11 is 0. The number of rotatable bonds is 2. The SMILES string of the molecule is O=Cc1cccn2c(=O)c(N3CCC(=O)NC3=O)cnc12. The van der Waals surface area contributed by atoms with Gasteiger partial charge in [-0.2, -0.15) is 0 Å². The van der Waals surface area contributed by atoms with Crippen LogP contribution in [0.15, 0.2) is 29.3 Å². The zero-order valence-electron chi connectivity index (χ0n) is 10.8. The van der Waals surface area contributed by atoms with Crippen LogP contribution >= 0.6 is 0 Å². The number of hydrogen-bond acceptors (Lipinski definition) is 5. The topological polar surface area (TPSA) is 101 Å². The highest BCUT2D eigenvalue weighted by molar-refractivity contribution is 6.05. The summed E-state index contributed by atoms with van der Waals surface area (Å²) in [6.45, 7) is 0.112. The quantitative estimate of drug-likeness (QED) is 0.780. The predicted molar refractivity (Wildman–Crippen MR) is 72.4 cm³/mol. The van der Waals surface area contributed by atoms with Gasteiger partial charge in [-0.1, -0.05) is 0 Å². The second-order valence-corrected chi connectivity index (χ2v) is 4.48. The van der Waals surface area contributed by atoms with E-state index in [2.05, 4.69) is 10.3 Å². The molecule has 8 nitrogen and oxygen atoms in total. The summed E-state index contributed by atoms with van der Waals surface area (Å²) in [6, 6.07) is 2.43. The number of urea groups is 1. The van der Waals surface area contributed by atoms with Crippen molar-refractivity contribution < 1.29 is 14.4 Å². The van der Waals surface area contributed by atoms with E-state index in [0.717, 1.165) is 4.90 Å². The monoisotopic (exact) mass is 286 g/mol. The first-order valence-corrected chi connectivity index (χ1v) is 6.18. The molecule has 0 radical (unpaired) electrons. The molecule has 2 aromatic rings. The van der Waals surface area contributed by atoms with Gasteiger partial charge in [0.25, 0.3) is 5.56 Å². The van der Waals surface area contributed by atoms with Crippen LogP contribution in [-0.2, 0) is 4.79 Å². The van der Waals surface area contributed by atoms with Crippen LogP contribution in [0.25, 0.3) is 5.65 Å². The minimum atomic E-state index is -0.656. The van der Waals surface area contributed by atoms with Gasteiger partial charge in [-0.05, 0) is 12.1 Å². The highest BCUT2D eigenvalue weighted by Gasteiger charge is 2.26. The van der Waals surface area contributed by atoms with E-state index in [1.165, 1.54) is 16.8 Å². The molecule has 0 bridgehead atoms. The standard InChI is InChI=1S/C13H10N4O4/c18-7-8-2-1-4-17-11(8)14-6-9(12(17)20)16-5-3-10(19)15-13(16)21/h1-2,4,6-7H,3,5H2,(H,15,19,21). The second-order valence-electron chi connectivity index (χ2n) is 4.48. The number of nitrogens with one attached hydrogen (secondary N) is 1. The van der Waals surface area contributed by atoms with Gasteiger partial charge in [0, 0.05) is 19.2 Å².